The Balaban J connectivity index is 2.08. The SMILES string of the molecule is Cc1nc(Cl)c2cc3c(cc2n1)C1(CC1)C(=O)N3C. The normalized spacial score (nSPS) is 19.3. The molecule has 1 aliphatic heterocycles. The Labute approximate surface area is 115 Å². The van der Waals surface area contributed by atoms with Crippen LogP contribution in [0.5, 0.6) is 0 Å². The number of aryl methyl sites for hydroxylation is 1. The van der Waals surface area contributed by atoms with E-state index >= 15 is 0 Å². The van der Waals surface area contributed by atoms with Gasteiger partial charge >= 0.3 is 0 Å². The molecule has 1 amide bonds. The van der Waals surface area contributed by atoms with Gasteiger partial charge < -0.3 is 4.90 Å². The molecule has 0 saturated heterocycles. The molecule has 1 aromatic heterocycles. The molecule has 2 aliphatic rings. The highest BCUT2D eigenvalue weighted by molar-refractivity contribution is 6.34. The average Bonchev–Trinajstić information content (AvgIpc) is 3.13. The summed E-state index contributed by atoms with van der Waals surface area (Å²) in [6.45, 7) is 1.82. The first-order valence-electron chi connectivity index (χ1n) is 6.29. The van der Waals surface area contributed by atoms with Gasteiger partial charge in [-0.2, -0.15) is 0 Å². The Morgan fingerprint density at radius 2 is 2.05 bits per heavy atom. The molecule has 0 atom stereocenters. The van der Waals surface area contributed by atoms with E-state index in [4.69, 9.17) is 11.6 Å². The molecule has 19 heavy (non-hydrogen) atoms. The number of anilines is 1. The smallest absolute Gasteiger partial charge is 0.237 e. The Morgan fingerprint density at radius 3 is 2.74 bits per heavy atom. The Morgan fingerprint density at radius 1 is 1.32 bits per heavy atom. The maximum Gasteiger partial charge on any atom is 0.237 e. The van der Waals surface area contributed by atoms with Crippen molar-refractivity contribution in [3.8, 4) is 0 Å². The van der Waals surface area contributed by atoms with Crippen LogP contribution in [0.25, 0.3) is 10.9 Å². The molecule has 4 rings (SSSR count). The quantitative estimate of drug-likeness (QED) is 0.693. The summed E-state index contributed by atoms with van der Waals surface area (Å²) in [5.41, 5.74) is 2.60. The molecule has 5 heteroatoms. The number of nitrogens with zero attached hydrogens (tertiary/aromatic N) is 3. The fourth-order valence-electron chi connectivity index (χ4n) is 3.05. The zero-order valence-electron chi connectivity index (χ0n) is 10.7. The van der Waals surface area contributed by atoms with Crippen molar-refractivity contribution in [2.75, 3.05) is 11.9 Å². The van der Waals surface area contributed by atoms with E-state index in [1.807, 2.05) is 26.1 Å². The van der Waals surface area contributed by atoms with Crippen LogP contribution in [-0.2, 0) is 10.2 Å². The third kappa shape index (κ3) is 1.27. The molecule has 2 heterocycles. The van der Waals surface area contributed by atoms with Crippen molar-refractivity contribution < 1.29 is 4.79 Å². The Hall–Kier alpha value is -1.68. The lowest BCUT2D eigenvalue weighted by Crippen LogP contribution is -2.27. The van der Waals surface area contributed by atoms with Gasteiger partial charge in [0.25, 0.3) is 0 Å². The molecule has 0 unspecified atom stereocenters. The van der Waals surface area contributed by atoms with Gasteiger partial charge in [0.05, 0.1) is 10.9 Å². The van der Waals surface area contributed by atoms with E-state index in [1.165, 1.54) is 0 Å². The molecular formula is C14H12ClN3O. The van der Waals surface area contributed by atoms with Crippen molar-refractivity contribution in [1.82, 2.24) is 9.97 Å². The number of benzene rings is 1. The number of rotatable bonds is 0. The van der Waals surface area contributed by atoms with E-state index in [0.29, 0.717) is 11.0 Å². The largest absolute Gasteiger partial charge is 0.314 e. The van der Waals surface area contributed by atoms with Crippen LogP contribution in [0, 0.1) is 6.92 Å². The van der Waals surface area contributed by atoms with Gasteiger partial charge in [-0.1, -0.05) is 11.6 Å². The lowest BCUT2D eigenvalue weighted by molar-refractivity contribution is -0.119. The molecule has 96 valence electrons. The van der Waals surface area contributed by atoms with E-state index in [1.54, 1.807) is 4.90 Å². The zero-order valence-corrected chi connectivity index (χ0v) is 11.5. The number of amides is 1. The van der Waals surface area contributed by atoms with E-state index < -0.39 is 0 Å². The molecule has 0 radical (unpaired) electrons. The summed E-state index contributed by atoms with van der Waals surface area (Å²) in [6, 6.07) is 3.96. The number of hydrogen-bond donors (Lipinski definition) is 0. The van der Waals surface area contributed by atoms with Crippen LogP contribution in [0.15, 0.2) is 12.1 Å². The van der Waals surface area contributed by atoms with Crippen LogP contribution < -0.4 is 4.90 Å². The molecule has 0 bridgehead atoms. The number of halogens is 1. The average molecular weight is 274 g/mol. The first kappa shape index (κ1) is 11.2. The van der Waals surface area contributed by atoms with Crippen LogP contribution >= 0.6 is 11.6 Å². The summed E-state index contributed by atoms with van der Waals surface area (Å²) in [5.74, 6) is 0.846. The van der Waals surface area contributed by atoms with Crippen molar-refractivity contribution in [1.29, 1.82) is 0 Å². The predicted octanol–water partition coefficient (Wildman–Crippen LogP) is 2.60. The number of fused-ring (bicyclic) bond motifs is 3. The fourth-order valence-corrected chi connectivity index (χ4v) is 3.32. The third-order valence-corrected chi connectivity index (χ3v) is 4.51. The van der Waals surface area contributed by atoms with Crippen molar-refractivity contribution in [2.24, 2.45) is 0 Å². The standard InChI is InChI=1S/C14H12ClN3O/c1-7-16-10-6-9-11(5-8(10)12(15)17-7)18(2)13(19)14(9)3-4-14/h5-6H,3-4H2,1-2H3. The second kappa shape index (κ2) is 3.25. The zero-order chi connectivity index (χ0) is 13.4. The molecular weight excluding hydrogens is 262 g/mol. The third-order valence-electron chi connectivity index (χ3n) is 4.22. The van der Waals surface area contributed by atoms with Crippen molar-refractivity contribution in [2.45, 2.75) is 25.2 Å². The van der Waals surface area contributed by atoms with Crippen molar-refractivity contribution in [3.05, 3.63) is 28.7 Å². The van der Waals surface area contributed by atoms with Gasteiger partial charge in [-0.25, -0.2) is 9.97 Å². The first-order chi connectivity index (χ1) is 9.03. The molecule has 1 spiro atoms. The monoisotopic (exact) mass is 273 g/mol. The summed E-state index contributed by atoms with van der Waals surface area (Å²) in [6.07, 6.45) is 1.87. The van der Waals surface area contributed by atoms with Crippen LogP contribution in [0.1, 0.15) is 24.2 Å². The van der Waals surface area contributed by atoms with Crippen LogP contribution in [-0.4, -0.2) is 22.9 Å². The second-order valence-corrected chi connectivity index (χ2v) is 5.75. The van der Waals surface area contributed by atoms with E-state index in [0.717, 1.165) is 35.0 Å². The lowest BCUT2D eigenvalue weighted by Gasteiger charge is -2.11. The van der Waals surface area contributed by atoms with Crippen LogP contribution in [0.2, 0.25) is 5.15 Å². The van der Waals surface area contributed by atoms with E-state index in [2.05, 4.69) is 9.97 Å². The molecule has 1 aliphatic carbocycles. The topological polar surface area (TPSA) is 46.1 Å². The van der Waals surface area contributed by atoms with Gasteiger partial charge in [0.2, 0.25) is 5.91 Å². The minimum absolute atomic E-state index is 0.193. The maximum absolute atomic E-state index is 12.3. The molecule has 4 nitrogen and oxygen atoms in total. The first-order valence-corrected chi connectivity index (χ1v) is 6.67. The lowest BCUT2D eigenvalue weighted by atomic mass is 9.97. The second-order valence-electron chi connectivity index (χ2n) is 5.39. The molecule has 2 aromatic rings. The highest BCUT2D eigenvalue weighted by Gasteiger charge is 2.58. The summed E-state index contributed by atoms with van der Waals surface area (Å²) < 4.78 is 0. The Kier molecular flexibility index (Phi) is 1.91. The molecule has 1 fully saturated rings. The Bertz CT molecular complexity index is 752. The molecule has 1 aromatic carbocycles. The minimum atomic E-state index is -0.274. The van der Waals surface area contributed by atoms with E-state index in [-0.39, 0.29) is 11.3 Å². The fraction of sp³-hybridized carbons (Fsp3) is 0.357. The van der Waals surface area contributed by atoms with Crippen LogP contribution in [0.4, 0.5) is 5.69 Å². The summed E-state index contributed by atoms with van der Waals surface area (Å²) in [5, 5.41) is 1.26. The number of carbonyl (C=O) groups is 1. The summed E-state index contributed by atoms with van der Waals surface area (Å²) >= 11 is 6.18. The molecule has 0 N–H and O–H groups in total. The molecule has 1 saturated carbocycles. The van der Waals surface area contributed by atoms with Gasteiger partial charge in [-0.15, -0.1) is 0 Å². The van der Waals surface area contributed by atoms with E-state index in [9.17, 15) is 4.79 Å². The highest BCUT2D eigenvalue weighted by atomic mass is 35.5. The van der Waals surface area contributed by atoms with Gasteiger partial charge in [0.15, 0.2) is 0 Å². The van der Waals surface area contributed by atoms with Gasteiger partial charge in [-0.05, 0) is 37.5 Å². The van der Waals surface area contributed by atoms with Gasteiger partial charge in [0, 0.05) is 18.1 Å². The van der Waals surface area contributed by atoms with Crippen molar-refractivity contribution in [3.63, 3.8) is 0 Å². The number of aromatic nitrogens is 2. The predicted molar refractivity (Wildman–Crippen MR) is 73.6 cm³/mol. The summed E-state index contributed by atoms with van der Waals surface area (Å²) in [4.78, 5) is 22.7. The number of likely N-dealkylation sites (N-methyl/N-ethyl adjacent to an activating group) is 1. The van der Waals surface area contributed by atoms with Crippen molar-refractivity contribution >= 4 is 34.1 Å². The van der Waals surface area contributed by atoms with Crippen LogP contribution in [0.3, 0.4) is 0 Å². The minimum Gasteiger partial charge on any atom is -0.314 e. The number of hydrogen-bond acceptors (Lipinski definition) is 3. The van der Waals surface area contributed by atoms with Gasteiger partial charge in [0.1, 0.15) is 11.0 Å². The maximum atomic E-state index is 12.3. The summed E-state index contributed by atoms with van der Waals surface area (Å²) in [7, 11) is 1.82. The van der Waals surface area contributed by atoms with Gasteiger partial charge in [-0.3, -0.25) is 4.79 Å². The highest BCUT2D eigenvalue weighted by Crippen LogP contribution is 2.57. The number of carbonyl (C=O) groups excluding carboxylic acids is 1.